The quantitative estimate of drug-likeness (QED) is 0.772. The van der Waals surface area contributed by atoms with E-state index in [0.29, 0.717) is 19.6 Å². The molecule has 0 atom stereocenters. The van der Waals surface area contributed by atoms with Crippen molar-refractivity contribution in [3.8, 4) is 0 Å². The third-order valence-corrected chi connectivity index (χ3v) is 6.56. The number of fused-ring (bicyclic) bond motifs is 1. The number of rotatable bonds is 2. The molecule has 2 amide bonds. The molecule has 3 rings (SSSR count). The smallest absolute Gasteiger partial charge is 0.312 e. The van der Waals surface area contributed by atoms with Crippen molar-refractivity contribution in [3.05, 3.63) is 50.6 Å². The maximum Gasteiger partial charge on any atom is 0.312 e. The summed E-state index contributed by atoms with van der Waals surface area (Å²) >= 11 is 6.69. The second-order valence-electron chi connectivity index (χ2n) is 5.06. The average Bonchev–Trinajstić information content (AvgIpc) is 2.84. The molecule has 0 spiro atoms. The van der Waals surface area contributed by atoms with Crippen LogP contribution in [0, 0.1) is 0 Å². The van der Waals surface area contributed by atoms with E-state index in [1.165, 1.54) is 4.90 Å². The molecule has 1 aromatic heterocycles. The Morgan fingerprint density at radius 1 is 1.26 bits per heavy atom. The van der Waals surface area contributed by atoms with Gasteiger partial charge in [-0.1, -0.05) is 18.2 Å². The SMILES string of the molecule is O=C(NCc1sccc1Br)C(=O)N1CCSc2ccccc2C1. The molecule has 0 unspecified atom stereocenters. The van der Waals surface area contributed by atoms with Crippen molar-refractivity contribution >= 4 is 50.8 Å². The van der Waals surface area contributed by atoms with E-state index in [-0.39, 0.29) is 0 Å². The number of nitrogens with one attached hydrogen (secondary N) is 1. The number of halogens is 1. The van der Waals surface area contributed by atoms with Gasteiger partial charge in [-0.2, -0.15) is 0 Å². The van der Waals surface area contributed by atoms with E-state index < -0.39 is 11.8 Å². The summed E-state index contributed by atoms with van der Waals surface area (Å²) < 4.78 is 0.954. The number of hydrogen-bond donors (Lipinski definition) is 1. The topological polar surface area (TPSA) is 49.4 Å². The molecular formula is C16H15BrN2O2S2. The van der Waals surface area contributed by atoms with Crippen molar-refractivity contribution in [1.29, 1.82) is 0 Å². The average molecular weight is 411 g/mol. The lowest BCUT2D eigenvalue weighted by molar-refractivity contribution is -0.146. The van der Waals surface area contributed by atoms with Gasteiger partial charge in [-0.25, -0.2) is 0 Å². The van der Waals surface area contributed by atoms with E-state index in [1.807, 2.05) is 29.6 Å². The molecule has 1 aromatic carbocycles. The molecule has 7 heteroatoms. The van der Waals surface area contributed by atoms with E-state index in [4.69, 9.17) is 0 Å². The van der Waals surface area contributed by atoms with Crippen LogP contribution in [0.25, 0.3) is 0 Å². The molecule has 0 aliphatic carbocycles. The molecule has 0 saturated carbocycles. The lowest BCUT2D eigenvalue weighted by atomic mass is 10.2. The molecule has 120 valence electrons. The molecular weight excluding hydrogens is 396 g/mol. The lowest BCUT2D eigenvalue weighted by Gasteiger charge is -2.19. The minimum Gasteiger partial charge on any atom is -0.343 e. The van der Waals surface area contributed by atoms with E-state index in [2.05, 4.69) is 27.3 Å². The van der Waals surface area contributed by atoms with Crippen molar-refractivity contribution in [2.24, 2.45) is 0 Å². The maximum atomic E-state index is 12.4. The minimum atomic E-state index is -0.547. The highest BCUT2D eigenvalue weighted by molar-refractivity contribution is 9.10. The van der Waals surface area contributed by atoms with Gasteiger partial charge in [0.1, 0.15) is 0 Å². The Morgan fingerprint density at radius 3 is 2.87 bits per heavy atom. The van der Waals surface area contributed by atoms with Gasteiger partial charge < -0.3 is 10.2 Å². The lowest BCUT2D eigenvalue weighted by Crippen LogP contribution is -2.42. The van der Waals surface area contributed by atoms with E-state index >= 15 is 0 Å². The third kappa shape index (κ3) is 3.97. The van der Waals surface area contributed by atoms with Crippen LogP contribution in [0.4, 0.5) is 0 Å². The molecule has 23 heavy (non-hydrogen) atoms. The Balaban J connectivity index is 1.63. The fourth-order valence-corrected chi connectivity index (χ4v) is 4.79. The van der Waals surface area contributed by atoms with Gasteiger partial charge in [-0.3, -0.25) is 9.59 Å². The number of hydrogen-bond acceptors (Lipinski definition) is 4. The Morgan fingerprint density at radius 2 is 2.09 bits per heavy atom. The number of carbonyl (C=O) groups excluding carboxylic acids is 2. The maximum absolute atomic E-state index is 12.4. The highest BCUT2D eigenvalue weighted by Gasteiger charge is 2.24. The van der Waals surface area contributed by atoms with E-state index in [0.717, 1.165) is 20.7 Å². The molecule has 0 fully saturated rings. The normalized spacial score (nSPS) is 14.0. The Hall–Kier alpha value is -1.31. The highest BCUT2D eigenvalue weighted by atomic mass is 79.9. The number of nitrogens with zero attached hydrogens (tertiary/aromatic N) is 1. The number of benzene rings is 1. The molecule has 4 nitrogen and oxygen atoms in total. The summed E-state index contributed by atoms with van der Waals surface area (Å²) in [5.41, 5.74) is 1.09. The summed E-state index contributed by atoms with van der Waals surface area (Å²) in [6.07, 6.45) is 0. The van der Waals surface area contributed by atoms with Crippen LogP contribution in [0.5, 0.6) is 0 Å². The van der Waals surface area contributed by atoms with Crippen molar-refractivity contribution in [2.45, 2.75) is 18.0 Å². The van der Waals surface area contributed by atoms with Crippen molar-refractivity contribution in [3.63, 3.8) is 0 Å². The van der Waals surface area contributed by atoms with E-state index in [9.17, 15) is 9.59 Å². The van der Waals surface area contributed by atoms with Crippen LogP contribution >= 0.6 is 39.0 Å². The first kappa shape index (κ1) is 16.5. The van der Waals surface area contributed by atoms with Gasteiger partial charge in [0.05, 0.1) is 6.54 Å². The molecule has 0 radical (unpaired) electrons. The van der Waals surface area contributed by atoms with Crippen LogP contribution in [0.2, 0.25) is 0 Å². The van der Waals surface area contributed by atoms with Gasteiger partial charge >= 0.3 is 11.8 Å². The molecule has 2 heterocycles. The zero-order valence-corrected chi connectivity index (χ0v) is 15.5. The molecule has 1 N–H and O–H groups in total. The van der Waals surface area contributed by atoms with Crippen molar-refractivity contribution in [1.82, 2.24) is 10.2 Å². The minimum absolute atomic E-state index is 0.363. The number of thiophene rings is 1. The number of amides is 2. The van der Waals surface area contributed by atoms with Crippen LogP contribution in [-0.4, -0.2) is 29.0 Å². The summed E-state index contributed by atoms with van der Waals surface area (Å²) in [6, 6.07) is 9.95. The van der Waals surface area contributed by atoms with Gasteiger partial charge in [0.2, 0.25) is 0 Å². The van der Waals surface area contributed by atoms with Crippen molar-refractivity contribution in [2.75, 3.05) is 12.3 Å². The first-order valence-corrected chi connectivity index (χ1v) is 9.80. The van der Waals surface area contributed by atoms with Gasteiger partial charge in [-0.05, 0) is 39.0 Å². The first-order chi connectivity index (χ1) is 11.1. The van der Waals surface area contributed by atoms with Crippen LogP contribution < -0.4 is 5.32 Å². The summed E-state index contributed by atoms with van der Waals surface area (Å²) in [5.74, 6) is -0.211. The fourth-order valence-electron chi connectivity index (χ4n) is 2.33. The molecule has 2 aromatic rings. The number of carbonyl (C=O) groups is 2. The van der Waals surface area contributed by atoms with Crippen LogP contribution in [0.1, 0.15) is 10.4 Å². The fraction of sp³-hybridized carbons (Fsp3) is 0.250. The largest absolute Gasteiger partial charge is 0.343 e. The Bertz CT molecular complexity index is 732. The molecule has 1 aliphatic heterocycles. The molecule has 1 aliphatic rings. The highest BCUT2D eigenvalue weighted by Crippen LogP contribution is 2.27. The summed E-state index contributed by atoms with van der Waals surface area (Å²) in [6.45, 7) is 1.43. The monoisotopic (exact) mass is 410 g/mol. The second-order valence-corrected chi connectivity index (χ2v) is 8.05. The summed E-state index contributed by atoms with van der Waals surface area (Å²) in [7, 11) is 0. The van der Waals surface area contributed by atoms with Crippen LogP contribution in [0.15, 0.2) is 45.1 Å². The van der Waals surface area contributed by atoms with E-state index in [1.54, 1.807) is 28.0 Å². The zero-order chi connectivity index (χ0) is 16.2. The summed E-state index contributed by atoms with van der Waals surface area (Å²) in [4.78, 5) is 28.4. The standard InChI is InChI=1S/C16H15BrN2O2S2/c17-12-5-7-22-14(12)9-18-15(20)16(21)19-6-8-23-13-4-2-1-3-11(13)10-19/h1-5,7H,6,8-10H2,(H,18,20). The Kier molecular flexibility index (Phi) is 5.40. The first-order valence-electron chi connectivity index (χ1n) is 7.15. The van der Waals surface area contributed by atoms with Gasteiger partial charge in [0, 0.05) is 33.1 Å². The van der Waals surface area contributed by atoms with Gasteiger partial charge in [0.25, 0.3) is 0 Å². The van der Waals surface area contributed by atoms with Gasteiger partial charge in [0.15, 0.2) is 0 Å². The van der Waals surface area contributed by atoms with Crippen molar-refractivity contribution < 1.29 is 9.59 Å². The Labute approximate surface area is 151 Å². The van der Waals surface area contributed by atoms with Gasteiger partial charge in [-0.15, -0.1) is 23.1 Å². The summed E-state index contributed by atoms with van der Waals surface area (Å²) in [5, 5.41) is 4.65. The number of thioether (sulfide) groups is 1. The molecule has 0 saturated heterocycles. The molecule has 0 bridgehead atoms. The van der Waals surface area contributed by atoms with Crippen LogP contribution in [-0.2, 0) is 22.7 Å². The zero-order valence-electron chi connectivity index (χ0n) is 12.3. The predicted molar refractivity (Wildman–Crippen MR) is 96.4 cm³/mol. The predicted octanol–water partition coefficient (Wildman–Crippen LogP) is 3.26. The third-order valence-electron chi connectivity index (χ3n) is 3.53. The van der Waals surface area contributed by atoms with Crippen LogP contribution in [0.3, 0.4) is 0 Å². The second kappa shape index (κ2) is 7.51.